The molecule has 7 heteroatoms. The Kier molecular flexibility index (Phi) is 6.10. The third-order valence-electron chi connectivity index (χ3n) is 2.87. The van der Waals surface area contributed by atoms with Crippen molar-refractivity contribution >= 4 is 23.5 Å². The summed E-state index contributed by atoms with van der Waals surface area (Å²) in [6.45, 7) is 4.34. The van der Waals surface area contributed by atoms with E-state index in [-0.39, 0.29) is 12.3 Å². The minimum absolute atomic E-state index is 0.200. The van der Waals surface area contributed by atoms with Crippen LogP contribution in [-0.4, -0.2) is 30.8 Å². The van der Waals surface area contributed by atoms with E-state index in [1.54, 1.807) is 19.4 Å². The van der Waals surface area contributed by atoms with E-state index < -0.39 is 0 Å². The summed E-state index contributed by atoms with van der Waals surface area (Å²) in [5.74, 6) is 1.10. The predicted octanol–water partition coefficient (Wildman–Crippen LogP) is 2.55. The molecule has 1 heterocycles. The number of methoxy groups -OCH3 is 1. The van der Waals surface area contributed by atoms with E-state index in [2.05, 4.69) is 15.5 Å². The molecule has 0 aliphatic heterocycles. The van der Waals surface area contributed by atoms with Crippen molar-refractivity contribution in [2.24, 2.45) is 5.10 Å². The number of hydrazone groups is 1. The molecule has 0 radical (unpaired) electrons. The van der Waals surface area contributed by atoms with Crippen LogP contribution in [0, 0.1) is 6.92 Å². The third-order valence-corrected chi connectivity index (χ3v) is 3.84. The van der Waals surface area contributed by atoms with Crippen LogP contribution in [0.1, 0.15) is 23.2 Å². The number of aryl methyl sites for hydroxylation is 1. The first-order valence-electron chi connectivity index (χ1n) is 7.16. The van der Waals surface area contributed by atoms with Crippen molar-refractivity contribution in [3.8, 4) is 11.5 Å². The van der Waals surface area contributed by atoms with E-state index >= 15 is 0 Å². The van der Waals surface area contributed by atoms with Crippen LogP contribution in [0.15, 0.2) is 28.7 Å². The van der Waals surface area contributed by atoms with Gasteiger partial charge in [-0.1, -0.05) is 0 Å². The van der Waals surface area contributed by atoms with Gasteiger partial charge in [-0.05, 0) is 37.6 Å². The number of ether oxygens (including phenoxy) is 2. The first kappa shape index (κ1) is 17.0. The van der Waals surface area contributed by atoms with Crippen molar-refractivity contribution in [2.75, 3.05) is 13.7 Å². The molecule has 1 aromatic carbocycles. The van der Waals surface area contributed by atoms with Crippen molar-refractivity contribution in [2.45, 2.75) is 20.3 Å². The highest BCUT2D eigenvalue weighted by molar-refractivity contribution is 7.09. The Balaban J connectivity index is 1.94. The Labute approximate surface area is 139 Å². The van der Waals surface area contributed by atoms with Crippen LogP contribution in [0.25, 0.3) is 0 Å². The summed E-state index contributed by atoms with van der Waals surface area (Å²) < 4.78 is 10.7. The summed E-state index contributed by atoms with van der Waals surface area (Å²) in [5, 5.41) is 6.65. The number of hydrogen-bond acceptors (Lipinski definition) is 6. The second-order valence-electron chi connectivity index (χ2n) is 4.70. The monoisotopic (exact) mass is 333 g/mol. The molecule has 1 aromatic heterocycles. The largest absolute Gasteiger partial charge is 0.493 e. The van der Waals surface area contributed by atoms with Crippen LogP contribution in [0.4, 0.5) is 0 Å². The standard InChI is InChI=1S/C16H19N3O3S/c1-4-22-14-7-12(5-6-13(14)21-3)9-17-19-15(20)8-16-18-11(2)10-23-16/h5-7,9-10H,4,8H2,1-3H3,(H,19,20)/b17-9-. The van der Waals surface area contributed by atoms with Crippen molar-refractivity contribution in [1.29, 1.82) is 0 Å². The van der Waals surface area contributed by atoms with Gasteiger partial charge in [-0.25, -0.2) is 10.4 Å². The highest BCUT2D eigenvalue weighted by atomic mass is 32.1. The molecular weight excluding hydrogens is 314 g/mol. The van der Waals surface area contributed by atoms with Crippen LogP contribution in [-0.2, 0) is 11.2 Å². The molecule has 0 saturated heterocycles. The van der Waals surface area contributed by atoms with E-state index in [1.165, 1.54) is 11.3 Å². The van der Waals surface area contributed by atoms with E-state index in [0.29, 0.717) is 18.1 Å². The number of nitrogens with zero attached hydrogens (tertiary/aromatic N) is 2. The predicted molar refractivity (Wildman–Crippen MR) is 90.5 cm³/mol. The quantitative estimate of drug-likeness (QED) is 0.624. The topological polar surface area (TPSA) is 72.8 Å². The normalized spacial score (nSPS) is 10.7. The summed E-state index contributed by atoms with van der Waals surface area (Å²) in [6.07, 6.45) is 1.79. The molecule has 0 bridgehead atoms. The molecule has 0 unspecified atom stereocenters. The number of amides is 1. The van der Waals surface area contributed by atoms with Gasteiger partial charge in [-0.2, -0.15) is 5.10 Å². The second-order valence-corrected chi connectivity index (χ2v) is 5.64. The van der Waals surface area contributed by atoms with Gasteiger partial charge < -0.3 is 9.47 Å². The van der Waals surface area contributed by atoms with Crippen molar-refractivity contribution < 1.29 is 14.3 Å². The number of aromatic nitrogens is 1. The molecule has 122 valence electrons. The molecule has 2 rings (SSSR count). The second kappa shape index (κ2) is 8.28. The third kappa shape index (κ3) is 5.07. The maximum Gasteiger partial charge on any atom is 0.246 e. The molecule has 1 amide bonds. The van der Waals surface area contributed by atoms with Crippen LogP contribution in [0.2, 0.25) is 0 Å². The molecule has 0 saturated carbocycles. The fraction of sp³-hybridized carbons (Fsp3) is 0.312. The van der Waals surface area contributed by atoms with Gasteiger partial charge in [0.15, 0.2) is 11.5 Å². The molecule has 23 heavy (non-hydrogen) atoms. The van der Waals surface area contributed by atoms with Gasteiger partial charge in [0.2, 0.25) is 5.91 Å². The Bertz CT molecular complexity index is 698. The summed E-state index contributed by atoms with van der Waals surface area (Å²) >= 11 is 1.46. The van der Waals surface area contributed by atoms with Crippen molar-refractivity contribution in [3.05, 3.63) is 39.8 Å². The SMILES string of the molecule is CCOc1cc(/C=N\NC(=O)Cc2nc(C)cs2)ccc1OC. The highest BCUT2D eigenvalue weighted by Crippen LogP contribution is 2.27. The van der Waals surface area contributed by atoms with Gasteiger partial charge in [0.05, 0.1) is 26.4 Å². The van der Waals surface area contributed by atoms with Gasteiger partial charge in [-0.3, -0.25) is 4.79 Å². The molecule has 0 spiro atoms. The fourth-order valence-corrected chi connectivity index (χ4v) is 2.65. The van der Waals surface area contributed by atoms with Crippen LogP contribution in [0.5, 0.6) is 11.5 Å². The van der Waals surface area contributed by atoms with Gasteiger partial charge in [-0.15, -0.1) is 11.3 Å². The Morgan fingerprint density at radius 3 is 2.91 bits per heavy atom. The number of hydrogen-bond donors (Lipinski definition) is 1. The molecule has 0 fully saturated rings. The zero-order valence-electron chi connectivity index (χ0n) is 13.3. The average Bonchev–Trinajstić information content (AvgIpc) is 2.93. The summed E-state index contributed by atoms with van der Waals surface area (Å²) in [4.78, 5) is 16.0. The van der Waals surface area contributed by atoms with E-state index in [0.717, 1.165) is 16.3 Å². The zero-order chi connectivity index (χ0) is 16.7. The van der Waals surface area contributed by atoms with Crippen molar-refractivity contribution in [1.82, 2.24) is 10.4 Å². The molecule has 6 nitrogen and oxygen atoms in total. The summed E-state index contributed by atoms with van der Waals surface area (Å²) in [7, 11) is 1.59. The molecular formula is C16H19N3O3S. The molecule has 0 aliphatic carbocycles. The van der Waals surface area contributed by atoms with Gasteiger partial charge in [0.1, 0.15) is 5.01 Å². The lowest BCUT2D eigenvalue weighted by Gasteiger charge is -2.09. The highest BCUT2D eigenvalue weighted by Gasteiger charge is 2.06. The number of carbonyl (C=O) groups is 1. The number of benzene rings is 1. The van der Waals surface area contributed by atoms with Gasteiger partial charge >= 0.3 is 0 Å². The maximum absolute atomic E-state index is 11.8. The minimum Gasteiger partial charge on any atom is -0.493 e. The number of thiazole rings is 1. The lowest BCUT2D eigenvalue weighted by atomic mass is 10.2. The molecule has 0 aliphatic rings. The van der Waals surface area contributed by atoms with Gasteiger partial charge in [0.25, 0.3) is 0 Å². The average molecular weight is 333 g/mol. The van der Waals surface area contributed by atoms with E-state index in [1.807, 2.05) is 31.4 Å². The first-order chi connectivity index (χ1) is 11.1. The summed E-state index contributed by atoms with van der Waals surface area (Å²) in [6, 6.07) is 5.44. The Morgan fingerprint density at radius 2 is 2.26 bits per heavy atom. The van der Waals surface area contributed by atoms with Crippen molar-refractivity contribution in [3.63, 3.8) is 0 Å². The lowest BCUT2D eigenvalue weighted by Crippen LogP contribution is -2.19. The number of rotatable bonds is 7. The maximum atomic E-state index is 11.8. The smallest absolute Gasteiger partial charge is 0.246 e. The molecule has 2 aromatic rings. The van der Waals surface area contributed by atoms with Crippen LogP contribution < -0.4 is 14.9 Å². The number of carbonyl (C=O) groups excluding carboxylic acids is 1. The minimum atomic E-state index is -0.200. The molecule has 1 N–H and O–H groups in total. The number of nitrogens with one attached hydrogen (secondary N) is 1. The van der Waals surface area contributed by atoms with E-state index in [4.69, 9.17) is 9.47 Å². The van der Waals surface area contributed by atoms with Crippen LogP contribution >= 0.6 is 11.3 Å². The Morgan fingerprint density at radius 1 is 1.43 bits per heavy atom. The van der Waals surface area contributed by atoms with E-state index in [9.17, 15) is 4.79 Å². The lowest BCUT2D eigenvalue weighted by molar-refractivity contribution is -0.120. The fourth-order valence-electron chi connectivity index (χ4n) is 1.88. The van der Waals surface area contributed by atoms with Gasteiger partial charge in [0, 0.05) is 11.1 Å². The first-order valence-corrected chi connectivity index (χ1v) is 8.04. The van der Waals surface area contributed by atoms with Crippen LogP contribution in [0.3, 0.4) is 0 Å². The molecule has 0 atom stereocenters. The zero-order valence-corrected chi connectivity index (χ0v) is 14.1. The summed E-state index contributed by atoms with van der Waals surface area (Å²) in [5.41, 5.74) is 4.22. The Hall–Kier alpha value is -2.41.